The van der Waals surface area contributed by atoms with Crippen LogP contribution in [0.25, 0.3) is 0 Å². The van der Waals surface area contributed by atoms with Gasteiger partial charge in [0.15, 0.2) is 0 Å². The van der Waals surface area contributed by atoms with Gasteiger partial charge >= 0.3 is 6.36 Å². The first kappa shape index (κ1) is 21.2. The van der Waals surface area contributed by atoms with Crippen molar-refractivity contribution in [2.75, 3.05) is 11.9 Å². The molecule has 0 aromatic heterocycles. The quantitative estimate of drug-likeness (QED) is 0.709. The molecule has 6 nitrogen and oxygen atoms in total. The highest BCUT2D eigenvalue weighted by atomic mass is 19.4. The topological polar surface area (TPSA) is 77.0 Å². The maximum Gasteiger partial charge on any atom is 0.573 e. The molecular weight excluding hydrogens is 427 g/mol. The van der Waals surface area contributed by atoms with Crippen LogP contribution >= 0.6 is 0 Å². The van der Waals surface area contributed by atoms with Crippen LogP contribution in [0.3, 0.4) is 0 Å². The fraction of sp³-hybridized carbons (Fsp3) is 0.435. The summed E-state index contributed by atoms with van der Waals surface area (Å²) in [5.74, 6) is -1.80. The number of hydrogen-bond donors (Lipinski definition) is 2. The number of carbonyl (C=O) groups excluding carboxylic acids is 1. The molecule has 3 unspecified atom stereocenters. The summed E-state index contributed by atoms with van der Waals surface area (Å²) in [4.78, 5) is 12.8. The van der Waals surface area contributed by atoms with Crippen LogP contribution in [0.1, 0.15) is 48.5 Å². The van der Waals surface area contributed by atoms with Crippen molar-refractivity contribution in [3.63, 3.8) is 0 Å². The van der Waals surface area contributed by atoms with E-state index in [-0.39, 0.29) is 11.7 Å². The van der Waals surface area contributed by atoms with Crippen LogP contribution in [-0.2, 0) is 20.1 Å². The number of ether oxygens (including phenoxy) is 3. The van der Waals surface area contributed by atoms with Gasteiger partial charge in [-0.05, 0) is 54.2 Å². The molecule has 9 heteroatoms. The number of fused-ring (bicyclic) bond motifs is 2. The summed E-state index contributed by atoms with van der Waals surface area (Å²) in [6.45, 7) is 0.369. The van der Waals surface area contributed by atoms with Crippen molar-refractivity contribution in [3.05, 3.63) is 59.2 Å². The van der Waals surface area contributed by atoms with E-state index < -0.39 is 29.9 Å². The summed E-state index contributed by atoms with van der Waals surface area (Å²) in [5.41, 5.74) is 1.59. The molecule has 1 saturated carbocycles. The van der Waals surface area contributed by atoms with Crippen molar-refractivity contribution in [2.24, 2.45) is 5.92 Å². The monoisotopic (exact) mass is 449 g/mol. The zero-order chi connectivity index (χ0) is 22.5. The molecule has 1 spiro atoms. The molecule has 3 atom stereocenters. The van der Waals surface area contributed by atoms with E-state index in [1.807, 2.05) is 0 Å². The molecule has 170 valence electrons. The number of halogens is 3. The van der Waals surface area contributed by atoms with Crippen LogP contribution in [0, 0.1) is 5.92 Å². The van der Waals surface area contributed by atoms with Gasteiger partial charge in [0.05, 0.1) is 18.4 Å². The highest BCUT2D eigenvalue weighted by Gasteiger charge is 2.53. The smallest absolute Gasteiger partial charge is 0.406 e. The van der Waals surface area contributed by atoms with Gasteiger partial charge in [-0.1, -0.05) is 31.0 Å². The van der Waals surface area contributed by atoms with Gasteiger partial charge in [-0.15, -0.1) is 13.2 Å². The maximum absolute atomic E-state index is 12.8. The van der Waals surface area contributed by atoms with Crippen molar-refractivity contribution >= 4 is 11.6 Å². The largest absolute Gasteiger partial charge is 0.573 e. The second-order valence-electron chi connectivity index (χ2n) is 8.45. The third-order valence-corrected chi connectivity index (χ3v) is 6.04. The molecule has 5 rings (SSSR count). The fourth-order valence-corrected chi connectivity index (χ4v) is 4.33. The van der Waals surface area contributed by atoms with Crippen LogP contribution in [-0.4, -0.2) is 30.1 Å². The average Bonchev–Trinajstić information content (AvgIpc) is 3.52. The normalized spacial score (nSPS) is 26.0. The average molecular weight is 449 g/mol. The third-order valence-electron chi connectivity index (χ3n) is 6.04. The SMILES string of the molecule is O=C1Nc2ccc(C(O)c3cccc(OC(F)(F)F)c3)cc2C12OCCC(CC1CC1)O2. The Kier molecular flexibility index (Phi) is 5.15. The van der Waals surface area contributed by atoms with Gasteiger partial charge in [0.2, 0.25) is 0 Å². The highest BCUT2D eigenvalue weighted by molar-refractivity contribution is 6.04. The maximum atomic E-state index is 12.8. The number of nitrogens with one attached hydrogen (secondary N) is 1. The summed E-state index contributed by atoms with van der Waals surface area (Å²) in [6.07, 6.45) is -2.25. The number of anilines is 1. The van der Waals surface area contributed by atoms with E-state index in [0.717, 1.165) is 18.6 Å². The number of carbonyl (C=O) groups is 1. The number of rotatable bonds is 5. The summed E-state index contributed by atoms with van der Waals surface area (Å²) in [7, 11) is 0. The fourth-order valence-electron chi connectivity index (χ4n) is 4.33. The van der Waals surface area contributed by atoms with Gasteiger partial charge < -0.3 is 24.6 Å². The van der Waals surface area contributed by atoms with Gasteiger partial charge in [0.25, 0.3) is 11.7 Å². The molecule has 2 aromatic carbocycles. The number of aliphatic hydroxyl groups is 1. The number of amides is 1. The van der Waals surface area contributed by atoms with Crippen molar-refractivity contribution in [1.82, 2.24) is 0 Å². The summed E-state index contributed by atoms with van der Waals surface area (Å²) in [6, 6.07) is 10.00. The Hall–Kier alpha value is -2.62. The van der Waals surface area contributed by atoms with Gasteiger partial charge in [0.1, 0.15) is 11.9 Å². The van der Waals surface area contributed by atoms with E-state index in [1.165, 1.54) is 25.0 Å². The van der Waals surface area contributed by atoms with Crippen LogP contribution in [0.4, 0.5) is 18.9 Å². The van der Waals surface area contributed by atoms with E-state index in [9.17, 15) is 23.1 Å². The number of hydrogen-bond acceptors (Lipinski definition) is 5. The van der Waals surface area contributed by atoms with Gasteiger partial charge in [-0.25, -0.2) is 0 Å². The zero-order valence-corrected chi connectivity index (χ0v) is 17.0. The minimum atomic E-state index is -4.83. The van der Waals surface area contributed by atoms with E-state index in [2.05, 4.69) is 10.1 Å². The van der Waals surface area contributed by atoms with E-state index in [4.69, 9.17) is 9.47 Å². The second kappa shape index (κ2) is 7.75. The first-order valence-electron chi connectivity index (χ1n) is 10.5. The second-order valence-corrected chi connectivity index (χ2v) is 8.45. The molecule has 2 aromatic rings. The van der Waals surface area contributed by atoms with Crippen LogP contribution in [0.5, 0.6) is 5.75 Å². The van der Waals surface area contributed by atoms with Gasteiger partial charge in [-0.3, -0.25) is 4.79 Å². The first-order valence-corrected chi connectivity index (χ1v) is 10.5. The predicted octanol–water partition coefficient (Wildman–Crippen LogP) is 4.38. The van der Waals surface area contributed by atoms with Crippen molar-refractivity contribution < 1.29 is 37.3 Å². The van der Waals surface area contributed by atoms with Crippen LogP contribution < -0.4 is 10.1 Å². The minimum absolute atomic E-state index is 0.0993. The molecule has 2 aliphatic heterocycles. The van der Waals surface area contributed by atoms with Crippen molar-refractivity contribution in [2.45, 2.75) is 50.0 Å². The molecule has 2 fully saturated rings. The summed E-state index contributed by atoms with van der Waals surface area (Å²) < 4.78 is 53.6. The summed E-state index contributed by atoms with van der Waals surface area (Å²) in [5, 5.41) is 13.6. The Bertz CT molecular complexity index is 1040. The molecule has 32 heavy (non-hydrogen) atoms. The van der Waals surface area contributed by atoms with Gasteiger partial charge in [0, 0.05) is 5.56 Å². The Morgan fingerprint density at radius 1 is 1.16 bits per heavy atom. The number of aliphatic hydroxyl groups excluding tert-OH is 1. The lowest BCUT2D eigenvalue weighted by Gasteiger charge is -2.37. The minimum Gasteiger partial charge on any atom is -0.406 e. The Morgan fingerprint density at radius 3 is 2.69 bits per heavy atom. The molecule has 2 N–H and O–H groups in total. The molecule has 2 heterocycles. The standard InChI is InChI=1S/C23H22F3NO5/c24-23(25,26)32-16-3-1-2-14(11-16)20(28)15-6-7-19-18(12-15)22(21(29)27-19)30-9-8-17(31-22)10-13-4-5-13/h1-3,6-7,11-13,17,20,28H,4-5,8-10H2,(H,27,29). The lowest BCUT2D eigenvalue weighted by molar-refractivity contribution is -0.281. The summed E-state index contributed by atoms with van der Waals surface area (Å²) >= 11 is 0. The first-order chi connectivity index (χ1) is 15.2. The Morgan fingerprint density at radius 2 is 1.94 bits per heavy atom. The Balaban J connectivity index is 1.43. The number of alkyl halides is 3. The molecule has 0 bridgehead atoms. The van der Waals surface area contributed by atoms with Crippen molar-refractivity contribution in [1.29, 1.82) is 0 Å². The third kappa shape index (κ3) is 4.07. The number of benzene rings is 2. The van der Waals surface area contributed by atoms with E-state index >= 15 is 0 Å². The molecule has 1 saturated heterocycles. The Labute approximate surface area is 182 Å². The molecule has 3 aliphatic rings. The zero-order valence-electron chi connectivity index (χ0n) is 17.0. The van der Waals surface area contributed by atoms with Crippen LogP contribution in [0.2, 0.25) is 0 Å². The predicted molar refractivity (Wildman–Crippen MR) is 107 cm³/mol. The lowest BCUT2D eigenvalue weighted by atomic mass is 9.96. The van der Waals surface area contributed by atoms with E-state index in [1.54, 1.807) is 18.2 Å². The van der Waals surface area contributed by atoms with Crippen molar-refractivity contribution in [3.8, 4) is 5.75 Å². The molecule has 1 aliphatic carbocycles. The molecular formula is C23H22F3NO5. The van der Waals surface area contributed by atoms with Gasteiger partial charge in [-0.2, -0.15) is 0 Å². The van der Waals surface area contributed by atoms with Crippen LogP contribution in [0.15, 0.2) is 42.5 Å². The van der Waals surface area contributed by atoms with E-state index in [0.29, 0.717) is 35.8 Å². The highest BCUT2D eigenvalue weighted by Crippen LogP contribution is 2.46. The lowest BCUT2D eigenvalue weighted by Crippen LogP contribution is -2.47. The molecule has 0 radical (unpaired) electrons. The molecule has 1 amide bonds.